The largest absolute Gasteiger partial charge is 0.416 e. The van der Waals surface area contributed by atoms with Crippen LogP contribution in [-0.4, -0.2) is 58.1 Å². The Morgan fingerprint density at radius 1 is 1.24 bits per heavy atom. The van der Waals surface area contributed by atoms with E-state index < -0.39 is 46.8 Å². The minimum Gasteiger partial charge on any atom is -0.313 e. The average molecular weight is 504 g/mol. The van der Waals surface area contributed by atoms with E-state index in [1.807, 2.05) is 0 Å². The first kappa shape index (κ1) is 23.4. The number of imide groups is 1. The van der Waals surface area contributed by atoms with E-state index in [9.17, 15) is 31.9 Å². The number of urea groups is 1. The summed E-state index contributed by atoms with van der Waals surface area (Å²) in [6.45, 7) is 0. The molecule has 33 heavy (non-hydrogen) atoms. The molecular formula is C19H17F4N5O3S2. The van der Waals surface area contributed by atoms with Crippen LogP contribution in [0.1, 0.15) is 12.0 Å². The van der Waals surface area contributed by atoms with Crippen molar-refractivity contribution >= 4 is 46.3 Å². The molecule has 0 aliphatic carbocycles. The lowest BCUT2D eigenvalue weighted by Crippen LogP contribution is -2.58. The Bertz CT molecular complexity index is 1130. The van der Waals surface area contributed by atoms with Crippen LogP contribution in [0.4, 0.5) is 27.5 Å². The topological polar surface area (TPSA) is 94.6 Å². The maximum absolute atomic E-state index is 13.7. The number of nitrogens with zero attached hydrogens (tertiary/aromatic N) is 3. The van der Waals surface area contributed by atoms with Crippen molar-refractivity contribution in [3.8, 4) is 11.3 Å². The standard InChI is InChI=1S/C19H17F4N5O3S2/c1-27-15(30)14-11(26-33-16(14)28(2)18(27)31)6-13(29)25-17-24-12(7-32-17)8-3-9(19(21,22)23)5-10(20)4-8/h3-5,7,11,14,16,26H,6H2,1-2H3,(H,24,25,29). The van der Waals surface area contributed by atoms with Gasteiger partial charge in [0.1, 0.15) is 11.2 Å². The third kappa shape index (κ3) is 4.54. The second-order valence-corrected chi connectivity index (χ2v) is 9.38. The molecule has 8 nitrogen and oxygen atoms in total. The molecular weight excluding hydrogens is 486 g/mol. The molecule has 3 unspecified atom stereocenters. The summed E-state index contributed by atoms with van der Waals surface area (Å²) in [6, 6.07) is 1.14. The molecule has 2 aliphatic rings. The van der Waals surface area contributed by atoms with Gasteiger partial charge in [0.05, 0.1) is 17.2 Å². The molecule has 3 atom stereocenters. The lowest BCUT2D eigenvalue weighted by atomic mass is 9.93. The first-order valence-corrected chi connectivity index (χ1v) is 11.3. The van der Waals surface area contributed by atoms with Crippen LogP contribution in [0.2, 0.25) is 0 Å². The summed E-state index contributed by atoms with van der Waals surface area (Å²) < 4.78 is 55.6. The number of carbonyl (C=O) groups is 3. The smallest absolute Gasteiger partial charge is 0.313 e. The minimum absolute atomic E-state index is 0.0701. The normalized spacial score (nSPS) is 23.2. The Balaban J connectivity index is 1.45. The summed E-state index contributed by atoms with van der Waals surface area (Å²) in [5.41, 5.74) is -1.13. The van der Waals surface area contributed by atoms with Crippen molar-refractivity contribution in [1.82, 2.24) is 19.5 Å². The van der Waals surface area contributed by atoms with Gasteiger partial charge < -0.3 is 10.2 Å². The van der Waals surface area contributed by atoms with Crippen LogP contribution < -0.4 is 10.0 Å². The lowest BCUT2D eigenvalue weighted by molar-refractivity contribution is -0.138. The Labute approximate surface area is 193 Å². The van der Waals surface area contributed by atoms with Gasteiger partial charge in [-0.05, 0) is 18.2 Å². The number of hydrogen-bond acceptors (Lipinski definition) is 7. The molecule has 3 heterocycles. The zero-order valence-electron chi connectivity index (χ0n) is 17.1. The number of rotatable bonds is 4. The maximum Gasteiger partial charge on any atom is 0.416 e. The van der Waals surface area contributed by atoms with Crippen molar-refractivity contribution in [3.05, 3.63) is 35.0 Å². The summed E-state index contributed by atoms with van der Waals surface area (Å²) in [7, 11) is 2.96. The molecule has 0 radical (unpaired) electrons. The highest BCUT2D eigenvalue weighted by Gasteiger charge is 2.51. The number of fused-ring (bicyclic) bond motifs is 1. The summed E-state index contributed by atoms with van der Waals surface area (Å²) in [4.78, 5) is 43.7. The number of alkyl halides is 3. The highest BCUT2D eigenvalue weighted by molar-refractivity contribution is 7.98. The molecule has 2 saturated heterocycles. The van der Waals surface area contributed by atoms with E-state index >= 15 is 0 Å². The van der Waals surface area contributed by atoms with Gasteiger partial charge >= 0.3 is 12.2 Å². The van der Waals surface area contributed by atoms with E-state index in [1.165, 1.54) is 29.3 Å². The van der Waals surface area contributed by atoms with E-state index in [0.29, 0.717) is 6.07 Å². The van der Waals surface area contributed by atoms with Crippen LogP contribution in [0, 0.1) is 11.7 Å². The molecule has 0 spiro atoms. The molecule has 176 valence electrons. The van der Waals surface area contributed by atoms with Gasteiger partial charge in [-0.2, -0.15) is 13.2 Å². The number of thiazole rings is 1. The van der Waals surface area contributed by atoms with Gasteiger partial charge in [-0.25, -0.2) is 14.2 Å². The number of anilines is 1. The van der Waals surface area contributed by atoms with Crippen LogP contribution in [-0.2, 0) is 15.8 Å². The molecule has 14 heteroatoms. The molecule has 2 fully saturated rings. The molecule has 2 aromatic rings. The highest BCUT2D eigenvalue weighted by Crippen LogP contribution is 2.38. The van der Waals surface area contributed by atoms with Crippen molar-refractivity contribution in [1.29, 1.82) is 0 Å². The van der Waals surface area contributed by atoms with Gasteiger partial charge in [-0.15, -0.1) is 11.3 Å². The number of halogens is 4. The number of aromatic nitrogens is 1. The molecule has 2 aliphatic heterocycles. The molecule has 1 aromatic heterocycles. The fraction of sp³-hybridized carbons (Fsp3) is 0.368. The maximum atomic E-state index is 13.7. The Morgan fingerprint density at radius 2 is 1.97 bits per heavy atom. The van der Waals surface area contributed by atoms with Crippen molar-refractivity contribution in [2.75, 3.05) is 19.4 Å². The summed E-state index contributed by atoms with van der Waals surface area (Å²) in [5, 5.41) is 3.64. The minimum atomic E-state index is -4.71. The number of nitrogens with one attached hydrogen (secondary N) is 2. The summed E-state index contributed by atoms with van der Waals surface area (Å²) in [5.74, 6) is -2.53. The van der Waals surface area contributed by atoms with E-state index in [-0.39, 0.29) is 28.7 Å². The lowest BCUT2D eigenvalue weighted by Gasteiger charge is -2.38. The monoisotopic (exact) mass is 503 g/mol. The van der Waals surface area contributed by atoms with Crippen molar-refractivity contribution in [2.24, 2.45) is 5.92 Å². The molecule has 4 amide bonds. The van der Waals surface area contributed by atoms with Crippen LogP contribution in [0.25, 0.3) is 11.3 Å². The summed E-state index contributed by atoms with van der Waals surface area (Å²) >= 11 is 2.17. The SMILES string of the molecule is CN1C(=O)C2C(CC(=O)Nc3nc(-c4cc(F)cc(C(F)(F)F)c4)cs3)NSC2N(C)C1=O. The zero-order chi connectivity index (χ0) is 24.1. The second-order valence-electron chi connectivity index (χ2n) is 7.57. The van der Waals surface area contributed by atoms with Crippen LogP contribution >= 0.6 is 23.3 Å². The Kier molecular flexibility index (Phi) is 6.09. The van der Waals surface area contributed by atoms with Crippen LogP contribution in [0.3, 0.4) is 0 Å². The van der Waals surface area contributed by atoms with Crippen LogP contribution in [0.5, 0.6) is 0 Å². The fourth-order valence-electron chi connectivity index (χ4n) is 3.68. The number of hydrogen-bond donors (Lipinski definition) is 2. The van der Waals surface area contributed by atoms with Gasteiger partial charge in [-0.3, -0.25) is 19.2 Å². The molecule has 2 N–H and O–H groups in total. The second kappa shape index (κ2) is 8.57. The highest BCUT2D eigenvalue weighted by atomic mass is 32.2. The van der Waals surface area contributed by atoms with E-state index in [0.717, 1.165) is 28.4 Å². The van der Waals surface area contributed by atoms with Gasteiger partial charge in [0.15, 0.2) is 5.13 Å². The van der Waals surface area contributed by atoms with Crippen molar-refractivity contribution < 1.29 is 31.9 Å². The summed E-state index contributed by atoms with van der Waals surface area (Å²) in [6.07, 6.45) is -4.81. The first-order valence-electron chi connectivity index (χ1n) is 9.55. The van der Waals surface area contributed by atoms with E-state index in [2.05, 4.69) is 15.0 Å². The quantitative estimate of drug-likeness (QED) is 0.491. The van der Waals surface area contributed by atoms with Crippen molar-refractivity contribution in [2.45, 2.75) is 24.0 Å². The molecule has 0 saturated carbocycles. The predicted molar refractivity (Wildman–Crippen MR) is 113 cm³/mol. The van der Waals surface area contributed by atoms with Crippen LogP contribution in [0.15, 0.2) is 23.6 Å². The Morgan fingerprint density at radius 3 is 2.67 bits per heavy atom. The van der Waals surface area contributed by atoms with Crippen molar-refractivity contribution in [3.63, 3.8) is 0 Å². The van der Waals surface area contributed by atoms with E-state index in [1.54, 1.807) is 7.05 Å². The number of benzene rings is 1. The van der Waals surface area contributed by atoms with E-state index in [4.69, 9.17) is 0 Å². The molecule has 0 bridgehead atoms. The first-order chi connectivity index (χ1) is 15.5. The van der Waals surface area contributed by atoms with Gasteiger partial charge in [0, 0.05) is 37.5 Å². The molecule has 4 rings (SSSR count). The third-order valence-electron chi connectivity index (χ3n) is 5.34. The van der Waals surface area contributed by atoms with Gasteiger partial charge in [-0.1, -0.05) is 11.9 Å². The van der Waals surface area contributed by atoms with Gasteiger partial charge in [0.25, 0.3) is 0 Å². The number of carbonyl (C=O) groups excluding carboxylic acids is 3. The fourth-order valence-corrected chi connectivity index (χ4v) is 5.66. The van der Waals surface area contributed by atoms with Gasteiger partial charge in [0.2, 0.25) is 11.8 Å². The average Bonchev–Trinajstić information content (AvgIpc) is 3.37. The third-order valence-corrected chi connectivity index (χ3v) is 7.39. The number of amides is 4. The Hall–Kier alpha value is -2.71. The molecule has 1 aromatic carbocycles. The zero-order valence-corrected chi connectivity index (χ0v) is 18.8. The predicted octanol–water partition coefficient (Wildman–Crippen LogP) is 3.38.